The van der Waals surface area contributed by atoms with Crippen LogP contribution in [0.4, 0.5) is 0 Å². The van der Waals surface area contributed by atoms with Crippen molar-refractivity contribution in [1.82, 2.24) is 9.80 Å². The van der Waals surface area contributed by atoms with Crippen molar-refractivity contribution in [1.29, 1.82) is 0 Å². The first kappa shape index (κ1) is 15.8. The van der Waals surface area contributed by atoms with E-state index in [-0.39, 0.29) is 5.91 Å². The number of nitrogens with zero attached hydrogens (tertiary/aromatic N) is 2. The zero-order chi connectivity index (χ0) is 16.2. The van der Waals surface area contributed by atoms with Crippen molar-refractivity contribution < 1.29 is 14.3 Å². The number of furan rings is 1. The van der Waals surface area contributed by atoms with E-state index in [9.17, 15) is 9.90 Å². The molecule has 0 aliphatic carbocycles. The highest BCUT2D eigenvalue weighted by Crippen LogP contribution is 2.17. The van der Waals surface area contributed by atoms with Crippen LogP contribution < -0.4 is 0 Å². The summed E-state index contributed by atoms with van der Waals surface area (Å²) >= 11 is 0. The SMILES string of the molecule is Cc1ccoc1C(=O)N1CCN(C[C@@H](O)c2ccccc2)CC1. The Kier molecular flexibility index (Phi) is 4.79. The number of benzene rings is 1. The average Bonchev–Trinajstić information content (AvgIpc) is 3.02. The van der Waals surface area contributed by atoms with E-state index in [0.29, 0.717) is 25.4 Å². The molecule has 2 heterocycles. The van der Waals surface area contributed by atoms with Crippen LogP contribution in [-0.4, -0.2) is 53.5 Å². The van der Waals surface area contributed by atoms with Gasteiger partial charge >= 0.3 is 0 Å². The van der Waals surface area contributed by atoms with Crippen molar-refractivity contribution in [3.05, 3.63) is 59.5 Å². The third-order valence-electron chi connectivity index (χ3n) is 4.33. The van der Waals surface area contributed by atoms with Gasteiger partial charge in [0, 0.05) is 38.3 Å². The molecule has 5 nitrogen and oxygen atoms in total. The minimum Gasteiger partial charge on any atom is -0.459 e. The first-order valence-corrected chi connectivity index (χ1v) is 7.94. The fourth-order valence-corrected chi connectivity index (χ4v) is 2.89. The van der Waals surface area contributed by atoms with Crippen LogP contribution >= 0.6 is 0 Å². The van der Waals surface area contributed by atoms with Crippen molar-refractivity contribution in [2.24, 2.45) is 0 Å². The molecule has 1 aliphatic rings. The Labute approximate surface area is 136 Å². The Hall–Kier alpha value is -2.11. The van der Waals surface area contributed by atoms with Crippen LogP contribution in [0, 0.1) is 6.92 Å². The number of carbonyl (C=O) groups is 1. The van der Waals surface area contributed by atoms with Crippen LogP contribution in [-0.2, 0) is 0 Å². The molecule has 1 aromatic carbocycles. The maximum atomic E-state index is 12.4. The lowest BCUT2D eigenvalue weighted by Crippen LogP contribution is -2.49. The van der Waals surface area contributed by atoms with Crippen LogP contribution in [0.25, 0.3) is 0 Å². The van der Waals surface area contributed by atoms with E-state index in [4.69, 9.17) is 4.42 Å². The van der Waals surface area contributed by atoms with Gasteiger partial charge < -0.3 is 14.4 Å². The van der Waals surface area contributed by atoms with Crippen LogP contribution in [0.1, 0.15) is 27.8 Å². The molecule has 23 heavy (non-hydrogen) atoms. The maximum Gasteiger partial charge on any atom is 0.289 e. The highest BCUT2D eigenvalue weighted by molar-refractivity contribution is 5.92. The molecule has 122 valence electrons. The number of β-amino-alcohol motifs (C(OH)–C–C–N with tert-alkyl or cyclic N) is 1. The monoisotopic (exact) mass is 314 g/mol. The van der Waals surface area contributed by atoms with Crippen molar-refractivity contribution in [3.63, 3.8) is 0 Å². The average molecular weight is 314 g/mol. The minimum absolute atomic E-state index is 0.0456. The number of aliphatic hydroxyl groups is 1. The predicted octanol–water partition coefficient (Wildman–Crippen LogP) is 2.08. The number of carbonyl (C=O) groups excluding carboxylic acids is 1. The van der Waals surface area contributed by atoms with E-state index in [2.05, 4.69) is 4.90 Å². The normalized spacial score (nSPS) is 17.2. The van der Waals surface area contributed by atoms with Crippen LogP contribution in [0.15, 0.2) is 47.1 Å². The topological polar surface area (TPSA) is 56.9 Å². The van der Waals surface area contributed by atoms with Crippen LogP contribution in [0.2, 0.25) is 0 Å². The Morgan fingerprint density at radius 2 is 1.87 bits per heavy atom. The van der Waals surface area contributed by atoms with E-state index < -0.39 is 6.10 Å². The molecular formula is C18H22N2O3. The highest BCUT2D eigenvalue weighted by atomic mass is 16.3. The molecule has 0 spiro atoms. The predicted molar refractivity (Wildman–Crippen MR) is 87.2 cm³/mol. The molecule has 1 saturated heterocycles. The highest BCUT2D eigenvalue weighted by Gasteiger charge is 2.26. The number of rotatable bonds is 4. The summed E-state index contributed by atoms with van der Waals surface area (Å²) in [5.41, 5.74) is 1.80. The van der Waals surface area contributed by atoms with Crippen LogP contribution in [0.3, 0.4) is 0 Å². The Balaban J connectivity index is 1.53. The number of aryl methyl sites for hydroxylation is 1. The summed E-state index contributed by atoms with van der Waals surface area (Å²) in [5.74, 6) is 0.388. The summed E-state index contributed by atoms with van der Waals surface area (Å²) in [5, 5.41) is 10.3. The summed E-state index contributed by atoms with van der Waals surface area (Å²) in [6.45, 7) is 5.29. The van der Waals surface area contributed by atoms with Crippen molar-refractivity contribution in [3.8, 4) is 0 Å². The van der Waals surface area contributed by atoms with Gasteiger partial charge in [0.05, 0.1) is 12.4 Å². The lowest BCUT2D eigenvalue weighted by molar-refractivity contribution is 0.0503. The molecule has 1 amide bonds. The van der Waals surface area contributed by atoms with Gasteiger partial charge in [0.2, 0.25) is 0 Å². The third kappa shape index (κ3) is 3.63. The third-order valence-corrected chi connectivity index (χ3v) is 4.33. The number of aliphatic hydroxyl groups excluding tert-OH is 1. The van der Waals surface area contributed by atoms with Crippen molar-refractivity contribution in [2.45, 2.75) is 13.0 Å². The van der Waals surface area contributed by atoms with E-state index in [1.807, 2.05) is 42.2 Å². The van der Waals surface area contributed by atoms with Gasteiger partial charge in [0.25, 0.3) is 5.91 Å². The molecule has 1 atom stereocenters. The quantitative estimate of drug-likeness (QED) is 0.939. The molecule has 0 unspecified atom stereocenters. The first-order chi connectivity index (χ1) is 11.1. The van der Waals surface area contributed by atoms with Gasteiger partial charge in [0.15, 0.2) is 5.76 Å². The molecule has 5 heteroatoms. The van der Waals surface area contributed by atoms with E-state index in [1.54, 1.807) is 12.3 Å². The number of hydrogen-bond donors (Lipinski definition) is 1. The second kappa shape index (κ2) is 6.98. The van der Waals surface area contributed by atoms with Crippen molar-refractivity contribution >= 4 is 5.91 Å². The Morgan fingerprint density at radius 1 is 1.17 bits per heavy atom. The van der Waals surface area contributed by atoms with Crippen LogP contribution in [0.5, 0.6) is 0 Å². The lowest BCUT2D eigenvalue weighted by Gasteiger charge is -2.35. The molecule has 1 fully saturated rings. The van der Waals surface area contributed by atoms with Crippen molar-refractivity contribution in [2.75, 3.05) is 32.7 Å². The van der Waals surface area contributed by atoms with Gasteiger partial charge in [-0.05, 0) is 18.6 Å². The van der Waals surface area contributed by atoms with E-state index in [1.165, 1.54) is 0 Å². The van der Waals surface area contributed by atoms with Gasteiger partial charge in [-0.1, -0.05) is 30.3 Å². The largest absolute Gasteiger partial charge is 0.459 e. The Bertz CT molecular complexity index is 645. The molecule has 2 aromatic rings. The minimum atomic E-state index is -0.495. The van der Waals surface area contributed by atoms with E-state index in [0.717, 1.165) is 24.2 Å². The lowest BCUT2D eigenvalue weighted by atomic mass is 10.1. The molecule has 1 N–H and O–H groups in total. The fraction of sp³-hybridized carbons (Fsp3) is 0.389. The second-order valence-electron chi connectivity index (χ2n) is 5.95. The molecule has 0 radical (unpaired) electrons. The van der Waals surface area contributed by atoms with Gasteiger partial charge in [-0.15, -0.1) is 0 Å². The van der Waals surface area contributed by atoms with E-state index >= 15 is 0 Å². The van der Waals surface area contributed by atoms with Gasteiger partial charge in [-0.25, -0.2) is 0 Å². The van der Waals surface area contributed by atoms with Gasteiger partial charge in [-0.2, -0.15) is 0 Å². The molecule has 1 aliphatic heterocycles. The van der Waals surface area contributed by atoms with Gasteiger partial charge in [0.1, 0.15) is 0 Å². The summed E-state index contributed by atoms with van der Waals surface area (Å²) in [7, 11) is 0. The zero-order valence-corrected chi connectivity index (χ0v) is 13.3. The summed E-state index contributed by atoms with van der Waals surface area (Å²) in [6, 6.07) is 11.5. The summed E-state index contributed by atoms with van der Waals surface area (Å²) in [4.78, 5) is 16.4. The maximum absolute atomic E-state index is 12.4. The standard InChI is InChI=1S/C18H22N2O3/c1-14-7-12-23-17(14)18(22)20-10-8-19(9-11-20)13-16(21)15-5-3-2-4-6-15/h2-7,12,16,21H,8-11,13H2,1H3/t16-/m1/s1. The first-order valence-electron chi connectivity index (χ1n) is 7.94. The molecular weight excluding hydrogens is 292 g/mol. The number of amides is 1. The summed E-state index contributed by atoms with van der Waals surface area (Å²) < 4.78 is 5.28. The molecule has 0 bridgehead atoms. The Morgan fingerprint density at radius 3 is 2.48 bits per heavy atom. The zero-order valence-electron chi connectivity index (χ0n) is 13.3. The molecule has 0 saturated carbocycles. The molecule has 3 rings (SSSR count). The number of hydrogen-bond acceptors (Lipinski definition) is 4. The smallest absolute Gasteiger partial charge is 0.289 e. The second-order valence-corrected chi connectivity index (χ2v) is 5.95. The summed E-state index contributed by atoms with van der Waals surface area (Å²) in [6.07, 6.45) is 1.06. The molecule has 1 aromatic heterocycles. The number of piperazine rings is 1. The van der Waals surface area contributed by atoms with Gasteiger partial charge in [-0.3, -0.25) is 9.69 Å². The fourth-order valence-electron chi connectivity index (χ4n) is 2.89.